The normalized spacial score (nSPS) is 24.0. The van der Waals surface area contributed by atoms with Gasteiger partial charge in [0, 0.05) is 17.7 Å². The molecule has 6 nitrogen and oxygen atoms in total. The Balaban J connectivity index is 1.76. The van der Waals surface area contributed by atoms with E-state index in [9.17, 15) is 9.59 Å². The van der Waals surface area contributed by atoms with Gasteiger partial charge in [-0.05, 0) is 37.3 Å². The highest BCUT2D eigenvalue weighted by Crippen LogP contribution is 2.45. The molecule has 1 N–H and O–H groups in total. The number of carbonyl (C=O) groups is 2. The number of rotatable bonds is 2. The number of methoxy groups -OCH3 is 1. The third-order valence-corrected chi connectivity index (χ3v) is 4.71. The van der Waals surface area contributed by atoms with Gasteiger partial charge in [0.2, 0.25) is 0 Å². The summed E-state index contributed by atoms with van der Waals surface area (Å²) in [5.74, 6) is 0.247. The second-order valence-electron chi connectivity index (χ2n) is 6.40. The molecule has 1 saturated heterocycles. The zero-order valence-electron chi connectivity index (χ0n) is 14.0. The number of benzene rings is 2. The highest BCUT2D eigenvalue weighted by molar-refractivity contribution is 5.95. The number of esters is 1. The van der Waals surface area contributed by atoms with Crippen molar-refractivity contribution in [1.29, 1.82) is 0 Å². The van der Waals surface area contributed by atoms with Crippen molar-refractivity contribution in [2.45, 2.75) is 25.1 Å². The maximum atomic E-state index is 12.7. The van der Waals surface area contributed by atoms with Crippen molar-refractivity contribution in [3.8, 4) is 5.75 Å². The number of fused-ring (bicyclic) bond motifs is 4. The van der Waals surface area contributed by atoms with Crippen LogP contribution >= 0.6 is 0 Å². The Kier molecular flexibility index (Phi) is 3.42. The van der Waals surface area contributed by atoms with E-state index < -0.39 is 11.7 Å². The summed E-state index contributed by atoms with van der Waals surface area (Å²) < 4.78 is 11.0. The molecule has 2 amide bonds. The SMILES string of the molecule is COC(=O)c1ccc2c(c1)[C@H]1C[C@](C)(O2)N(c2ccccc2)C(=O)N1. The lowest BCUT2D eigenvalue weighted by Crippen LogP contribution is -2.65. The molecular weight excluding hydrogens is 320 g/mol. The molecule has 2 aromatic carbocycles. The second kappa shape index (κ2) is 5.51. The number of nitrogens with zero attached hydrogens (tertiary/aromatic N) is 1. The van der Waals surface area contributed by atoms with Gasteiger partial charge in [0.15, 0.2) is 5.72 Å². The fraction of sp³-hybridized carbons (Fsp3) is 0.263. The Bertz CT molecular complexity index is 852. The summed E-state index contributed by atoms with van der Waals surface area (Å²) >= 11 is 0. The van der Waals surface area contributed by atoms with E-state index in [4.69, 9.17) is 9.47 Å². The van der Waals surface area contributed by atoms with Crippen molar-refractivity contribution in [2.24, 2.45) is 0 Å². The monoisotopic (exact) mass is 338 g/mol. The fourth-order valence-corrected chi connectivity index (χ4v) is 3.59. The first kappa shape index (κ1) is 15.5. The molecule has 0 radical (unpaired) electrons. The van der Waals surface area contributed by atoms with E-state index in [1.54, 1.807) is 23.1 Å². The lowest BCUT2D eigenvalue weighted by molar-refractivity contribution is 0.0377. The summed E-state index contributed by atoms with van der Waals surface area (Å²) in [5.41, 5.74) is 1.21. The lowest BCUT2D eigenvalue weighted by Gasteiger charge is -2.50. The maximum Gasteiger partial charge on any atom is 0.337 e. The van der Waals surface area contributed by atoms with E-state index in [0.29, 0.717) is 17.7 Å². The predicted octanol–water partition coefficient (Wildman–Crippen LogP) is 3.24. The Labute approximate surface area is 145 Å². The van der Waals surface area contributed by atoms with Crippen LogP contribution < -0.4 is 15.0 Å². The van der Waals surface area contributed by atoms with Crippen molar-refractivity contribution < 1.29 is 19.1 Å². The van der Waals surface area contributed by atoms with Crippen LogP contribution in [0.15, 0.2) is 48.5 Å². The number of para-hydroxylation sites is 1. The molecule has 0 spiro atoms. The van der Waals surface area contributed by atoms with Gasteiger partial charge in [0.1, 0.15) is 5.75 Å². The average molecular weight is 338 g/mol. The van der Waals surface area contributed by atoms with Crippen LogP contribution in [-0.2, 0) is 4.74 Å². The molecule has 0 aliphatic carbocycles. The van der Waals surface area contributed by atoms with Crippen LogP contribution in [0.25, 0.3) is 0 Å². The van der Waals surface area contributed by atoms with Gasteiger partial charge in [0.05, 0.1) is 18.7 Å². The molecule has 1 fully saturated rings. The number of urea groups is 1. The zero-order chi connectivity index (χ0) is 17.6. The Hall–Kier alpha value is -3.02. The van der Waals surface area contributed by atoms with Crippen LogP contribution in [0, 0.1) is 0 Å². The number of amides is 2. The van der Waals surface area contributed by atoms with E-state index in [1.165, 1.54) is 7.11 Å². The minimum atomic E-state index is -0.797. The lowest BCUT2D eigenvalue weighted by atomic mass is 9.89. The molecule has 2 aliphatic rings. The summed E-state index contributed by atoms with van der Waals surface area (Å²) in [6, 6.07) is 14.1. The molecule has 0 aromatic heterocycles. The van der Waals surface area contributed by atoms with Crippen LogP contribution in [0.1, 0.15) is 35.3 Å². The summed E-state index contributed by atoms with van der Waals surface area (Å²) in [5, 5.41) is 3.02. The first-order valence-corrected chi connectivity index (χ1v) is 8.09. The molecule has 4 rings (SSSR count). The topological polar surface area (TPSA) is 67.9 Å². The standard InChI is InChI=1S/C19H18N2O4/c1-19-11-15(20-18(23)21(19)13-6-4-3-5-7-13)14-10-12(17(22)24-2)8-9-16(14)25-19/h3-10,15H,11H2,1-2H3,(H,20,23)/t15-,19+/m1/s1. The van der Waals surface area contributed by atoms with E-state index in [2.05, 4.69) is 5.32 Å². The molecular formula is C19H18N2O4. The van der Waals surface area contributed by atoms with E-state index in [1.807, 2.05) is 37.3 Å². The van der Waals surface area contributed by atoms with E-state index in [0.717, 1.165) is 11.3 Å². The van der Waals surface area contributed by atoms with Gasteiger partial charge in [-0.3, -0.25) is 4.90 Å². The molecule has 2 aromatic rings. The smallest absolute Gasteiger partial charge is 0.337 e. The van der Waals surface area contributed by atoms with Gasteiger partial charge >= 0.3 is 12.0 Å². The molecule has 0 saturated carbocycles. The van der Waals surface area contributed by atoms with Crippen molar-refractivity contribution in [3.05, 3.63) is 59.7 Å². The van der Waals surface area contributed by atoms with Gasteiger partial charge in [-0.2, -0.15) is 0 Å². The van der Waals surface area contributed by atoms with Gasteiger partial charge in [0.25, 0.3) is 0 Å². The van der Waals surface area contributed by atoms with Crippen molar-refractivity contribution >= 4 is 17.7 Å². The third kappa shape index (κ3) is 2.41. The number of hydrogen-bond acceptors (Lipinski definition) is 4. The molecule has 2 atom stereocenters. The van der Waals surface area contributed by atoms with Crippen LogP contribution in [0.2, 0.25) is 0 Å². The number of ether oxygens (including phenoxy) is 2. The highest BCUT2D eigenvalue weighted by atomic mass is 16.5. The number of nitrogens with one attached hydrogen (secondary N) is 1. The molecule has 2 aliphatic heterocycles. The summed E-state index contributed by atoms with van der Waals surface area (Å²) in [4.78, 5) is 26.2. The molecule has 2 heterocycles. The number of carbonyl (C=O) groups excluding carboxylic acids is 2. The summed E-state index contributed by atoms with van der Waals surface area (Å²) in [6.07, 6.45) is 0.575. The quantitative estimate of drug-likeness (QED) is 0.854. The van der Waals surface area contributed by atoms with Gasteiger partial charge < -0.3 is 14.8 Å². The van der Waals surface area contributed by atoms with Gasteiger partial charge in [-0.25, -0.2) is 9.59 Å². The molecule has 0 unspecified atom stereocenters. The van der Waals surface area contributed by atoms with Gasteiger partial charge in [-0.1, -0.05) is 18.2 Å². The highest BCUT2D eigenvalue weighted by Gasteiger charge is 2.49. The Morgan fingerprint density at radius 1 is 1.28 bits per heavy atom. The largest absolute Gasteiger partial charge is 0.467 e. The Morgan fingerprint density at radius 3 is 2.76 bits per heavy atom. The zero-order valence-corrected chi connectivity index (χ0v) is 14.0. The van der Waals surface area contributed by atoms with E-state index in [-0.39, 0.29) is 12.1 Å². The first-order chi connectivity index (χ1) is 12.0. The molecule has 25 heavy (non-hydrogen) atoms. The first-order valence-electron chi connectivity index (χ1n) is 8.09. The summed E-state index contributed by atoms with van der Waals surface area (Å²) in [6.45, 7) is 1.91. The van der Waals surface area contributed by atoms with Crippen molar-refractivity contribution in [3.63, 3.8) is 0 Å². The number of anilines is 1. The van der Waals surface area contributed by atoms with Crippen molar-refractivity contribution in [2.75, 3.05) is 12.0 Å². The third-order valence-electron chi connectivity index (χ3n) is 4.71. The summed E-state index contributed by atoms with van der Waals surface area (Å²) in [7, 11) is 1.34. The molecule has 6 heteroatoms. The fourth-order valence-electron chi connectivity index (χ4n) is 3.59. The predicted molar refractivity (Wildman–Crippen MR) is 91.6 cm³/mol. The van der Waals surface area contributed by atoms with Crippen LogP contribution in [0.4, 0.5) is 10.5 Å². The average Bonchev–Trinajstić information content (AvgIpc) is 2.61. The van der Waals surface area contributed by atoms with Crippen LogP contribution in [-0.4, -0.2) is 24.8 Å². The molecule has 128 valence electrons. The van der Waals surface area contributed by atoms with Gasteiger partial charge in [-0.15, -0.1) is 0 Å². The number of hydrogen-bond donors (Lipinski definition) is 1. The second-order valence-corrected chi connectivity index (χ2v) is 6.40. The molecule has 2 bridgehead atoms. The van der Waals surface area contributed by atoms with E-state index >= 15 is 0 Å². The van der Waals surface area contributed by atoms with Crippen LogP contribution in [0.3, 0.4) is 0 Å². The van der Waals surface area contributed by atoms with Crippen LogP contribution in [0.5, 0.6) is 5.75 Å². The minimum Gasteiger partial charge on any atom is -0.467 e. The van der Waals surface area contributed by atoms with Crippen molar-refractivity contribution in [1.82, 2.24) is 5.32 Å². The minimum absolute atomic E-state index is 0.217. The maximum absolute atomic E-state index is 12.7. The Morgan fingerprint density at radius 2 is 2.04 bits per heavy atom.